The van der Waals surface area contributed by atoms with Gasteiger partial charge in [0.2, 0.25) is 11.6 Å². The van der Waals surface area contributed by atoms with E-state index < -0.39 is 47.0 Å². The Morgan fingerprint density at radius 3 is 2.17 bits per heavy atom. The number of rotatable bonds is 9. The SMILES string of the molecule is C=CC(=O)OCCOC1=CC=C(C(=O)Oc2c(F)c(F)c(OC(=O)C3CCC(C#N)CC3)c3ccccc23)CC1. The van der Waals surface area contributed by atoms with Crippen molar-refractivity contribution >= 4 is 28.7 Å². The molecule has 0 spiro atoms. The van der Waals surface area contributed by atoms with Crippen LogP contribution in [0.3, 0.4) is 0 Å². The summed E-state index contributed by atoms with van der Waals surface area (Å²) in [7, 11) is 0. The molecule has 2 aliphatic rings. The highest BCUT2D eigenvalue weighted by atomic mass is 19.2. The number of nitrogens with zero attached hydrogens (tertiary/aromatic N) is 1. The van der Waals surface area contributed by atoms with Gasteiger partial charge < -0.3 is 18.9 Å². The van der Waals surface area contributed by atoms with Crippen LogP contribution in [0.5, 0.6) is 11.5 Å². The molecule has 0 aliphatic heterocycles. The highest BCUT2D eigenvalue weighted by Gasteiger charge is 2.31. The summed E-state index contributed by atoms with van der Waals surface area (Å²) < 4.78 is 51.5. The Labute approximate surface area is 229 Å². The summed E-state index contributed by atoms with van der Waals surface area (Å²) in [4.78, 5) is 36.7. The third kappa shape index (κ3) is 6.54. The standard InChI is InChI=1S/C30H27F2NO7/c1-2-24(34)38-16-15-37-21-13-11-20(12-14-21)30(36)40-28-23-6-4-3-5-22(23)27(25(31)26(28)32)39-29(35)19-9-7-18(17-33)8-10-19/h2-6,11,13,18-19H,1,7-10,12,14-16H2. The van der Waals surface area contributed by atoms with Crippen molar-refractivity contribution in [2.75, 3.05) is 13.2 Å². The number of carbonyl (C=O) groups excluding carboxylic acids is 3. The molecule has 1 saturated carbocycles. The van der Waals surface area contributed by atoms with E-state index in [2.05, 4.69) is 12.6 Å². The van der Waals surface area contributed by atoms with E-state index in [1.807, 2.05) is 0 Å². The molecular formula is C30H27F2NO7. The van der Waals surface area contributed by atoms with Gasteiger partial charge in [-0.15, -0.1) is 0 Å². The van der Waals surface area contributed by atoms with Gasteiger partial charge in [0.1, 0.15) is 13.2 Å². The lowest BCUT2D eigenvalue weighted by Gasteiger charge is -2.23. The second-order valence-corrected chi connectivity index (χ2v) is 9.37. The number of esters is 3. The van der Waals surface area contributed by atoms with Crippen LogP contribution in [0.4, 0.5) is 8.78 Å². The van der Waals surface area contributed by atoms with Crippen LogP contribution in [0.2, 0.25) is 0 Å². The third-order valence-corrected chi connectivity index (χ3v) is 6.80. The molecule has 40 heavy (non-hydrogen) atoms. The van der Waals surface area contributed by atoms with Crippen molar-refractivity contribution in [3.8, 4) is 17.6 Å². The molecule has 0 heterocycles. The van der Waals surface area contributed by atoms with Gasteiger partial charge in [0.05, 0.1) is 17.7 Å². The predicted molar refractivity (Wildman–Crippen MR) is 139 cm³/mol. The molecule has 8 nitrogen and oxygen atoms in total. The lowest BCUT2D eigenvalue weighted by molar-refractivity contribution is -0.140. The maximum Gasteiger partial charge on any atom is 0.339 e. The van der Waals surface area contributed by atoms with E-state index in [0.717, 1.165) is 6.08 Å². The van der Waals surface area contributed by atoms with E-state index in [1.165, 1.54) is 18.2 Å². The summed E-state index contributed by atoms with van der Waals surface area (Å²) >= 11 is 0. The van der Waals surface area contributed by atoms with Crippen LogP contribution in [0.1, 0.15) is 38.5 Å². The average molecular weight is 552 g/mol. The van der Waals surface area contributed by atoms with Crippen LogP contribution in [-0.2, 0) is 23.9 Å². The Morgan fingerprint density at radius 2 is 1.60 bits per heavy atom. The number of nitriles is 1. The van der Waals surface area contributed by atoms with Crippen molar-refractivity contribution in [1.82, 2.24) is 0 Å². The number of fused-ring (bicyclic) bond motifs is 1. The zero-order valence-corrected chi connectivity index (χ0v) is 21.6. The largest absolute Gasteiger partial charge is 0.494 e. The molecule has 0 unspecified atom stereocenters. The molecular weight excluding hydrogens is 524 g/mol. The fourth-order valence-electron chi connectivity index (χ4n) is 4.60. The molecule has 0 amide bonds. The lowest BCUT2D eigenvalue weighted by Crippen LogP contribution is -2.26. The van der Waals surface area contributed by atoms with E-state index in [-0.39, 0.29) is 41.9 Å². The molecule has 0 atom stereocenters. The number of ether oxygens (including phenoxy) is 4. The molecule has 2 aliphatic carbocycles. The maximum absolute atomic E-state index is 15.3. The van der Waals surface area contributed by atoms with Gasteiger partial charge in [-0.25, -0.2) is 9.59 Å². The molecule has 0 radical (unpaired) electrons. The Balaban J connectivity index is 1.48. The van der Waals surface area contributed by atoms with Gasteiger partial charge in [-0.3, -0.25) is 4.79 Å². The first-order valence-electron chi connectivity index (χ1n) is 12.9. The minimum Gasteiger partial charge on any atom is -0.494 e. The molecule has 0 bridgehead atoms. The summed E-state index contributed by atoms with van der Waals surface area (Å²) in [5.74, 6) is -6.28. The van der Waals surface area contributed by atoms with Crippen molar-refractivity contribution < 1.29 is 42.1 Å². The Bertz CT molecular complexity index is 1430. The summed E-state index contributed by atoms with van der Waals surface area (Å²) in [5.41, 5.74) is 0.220. The topological polar surface area (TPSA) is 112 Å². The van der Waals surface area contributed by atoms with Crippen molar-refractivity contribution in [1.29, 1.82) is 5.26 Å². The first-order chi connectivity index (χ1) is 19.3. The zero-order chi connectivity index (χ0) is 28.6. The summed E-state index contributed by atoms with van der Waals surface area (Å²) in [6.07, 6.45) is 6.55. The molecule has 2 aromatic carbocycles. The van der Waals surface area contributed by atoms with Crippen LogP contribution in [0.25, 0.3) is 10.8 Å². The Morgan fingerprint density at radius 1 is 0.950 bits per heavy atom. The fraction of sp³-hybridized carbons (Fsp3) is 0.333. The van der Waals surface area contributed by atoms with Crippen LogP contribution in [0, 0.1) is 34.8 Å². The van der Waals surface area contributed by atoms with E-state index in [0.29, 0.717) is 37.9 Å². The molecule has 4 rings (SSSR count). The molecule has 10 heteroatoms. The molecule has 0 saturated heterocycles. The van der Waals surface area contributed by atoms with Crippen molar-refractivity contribution in [3.63, 3.8) is 0 Å². The van der Waals surface area contributed by atoms with Gasteiger partial charge in [0.15, 0.2) is 11.5 Å². The molecule has 0 N–H and O–H groups in total. The number of hydrogen-bond acceptors (Lipinski definition) is 8. The molecule has 0 aromatic heterocycles. The predicted octanol–water partition coefficient (Wildman–Crippen LogP) is 5.61. The van der Waals surface area contributed by atoms with Gasteiger partial charge in [-0.05, 0) is 44.3 Å². The second kappa shape index (κ2) is 13.0. The number of allylic oxidation sites excluding steroid dienone is 3. The van der Waals surface area contributed by atoms with E-state index in [9.17, 15) is 14.4 Å². The van der Waals surface area contributed by atoms with Crippen LogP contribution in [0.15, 0.2) is 60.4 Å². The van der Waals surface area contributed by atoms with Crippen LogP contribution >= 0.6 is 0 Å². The van der Waals surface area contributed by atoms with Crippen LogP contribution in [-0.4, -0.2) is 31.1 Å². The lowest BCUT2D eigenvalue weighted by atomic mass is 9.83. The summed E-state index contributed by atoms with van der Waals surface area (Å²) in [6, 6.07) is 8.20. The quantitative estimate of drug-likeness (QED) is 0.171. The van der Waals surface area contributed by atoms with Gasteiger partial charge >= 0.3 is 17.9 Å². The van der Waals surface area contributed by atoms with Crippen molar-refractivity contribution in [2.24, 2.45) is 11.8 Å². The summed E-state index contributed by atoms with van der Waals surface area (Å²) in [6.45, 7) is 3.45. The van der Waals surface area contributed by atoms with Crippen molar-refractivity contribution in [2.45, 2.75) is 38.5 Å². The monoisotopic (exact) mass is 551 g/mol. The number of halogens is 2. The number of carbonyl (C=O) groups is 3. The third-order valence-electron chi connectivity index (χ3n) is 6.80. The molecule has 2 aromatic rings. The van der Waals surface area contributed by atoms with E-state index >= 15 is 8.78 Å². The zero-order valence-electron chi connectivity index (χ0n) is 21.6. The van der Waals surface area contributed by atoms with Crippen LogP contribution < -0.4 is 9.47 Å². The van der Waals surface area contributed by atoms with Gasteiger partial charge in [0.25, 0.3) is 0 Å². The first kappa shape index (κ1) is 28.5. The normalized spacial score (nSPS) is 18.5. The first-order valence-corrected chi connectivity index (χ1v) is 12.9. The highest BCUT2D eigenvalue weighted by molar-refractivity contribution is 5.99. The number of hydrogen-bond donors (Lipinski definition) is 0. The van der Waals surface area contributed by atoms with Gasteiger partial charge in [-0.1, -0.05) is 30.8 Å². The fourth-order valence-corrected chi connectivity index (χ4v) is 4.60. The highest BCUT2D eigenvalue weighted by Crippen LogP contribution is 2.40. The molecule has 208 valence electrons. The Kier molecular flexibility index (Phi) is 9.27. The van der Waals surface area contributed by atoms with Gasteiger partial charge in [-0.2, -0.15) is 14.0 Å². The summed E-state index contributed by atoms with van der Waals surface area (Å²) in [5, 5.41) is 9.20. The van der Waals surface area contributed by atoms with Crippen molar-refractivity contribution in [3.05, 3.63) is 72.0 Å². The minimum atomic E-state index is -1.45. The minimum absolute atomic E-state index is 0.0341. The maximum atomic E-state index is 15.3. The smallest absolute Gasteiger partial charge is 0.339 e. The van der Waals surface area contributed by atoms with E-state index in [4.69, 9.17) is 24.2 Å². The molecule has 1 fully saturated rings. The van der Waals surface area contributed by atoms with Gasteiger partial charge in [0, 0.05) is 34.8 Å². The number of benzene rings is 2. The van der Waals surface area contributed by atoms with E-state index in [1.54, 1.807) is 18.2 Å². The Hall–Kier alpha value is -4.52. The second-order valence-electron chi connectivity index (χ2n) is 9.37. The average Bonchev–Trinajstić information content (AvgIpc) is 2.99.